The third kappa shape index (κ3) is 3.96. The molecule has 2 aromatic heterocycles. The molecule has 0 fully saturated rings. The minimum atomic E-state index is -0.226. The molecule has 0 bridgehead atoms. The first-order valence-corrected chi connectivity index (χ1v) is 9.53. The minimum Gasteiger partial charge on any atom is -0.495 e. The van der Waals surface area contributed by atoms with Crippen molar-refractivity contribution in [2.24, 2.45) is 0 Å². The molecule has 4 aromatic rings. The molecule has 1 amide bonds. The van der Waals surface area contributed by atoms with Crippen LogP contribution < -0.4 is 20.2 Å². The second-order valence-corrected chi connectivity index (χ2v) is 7.02. The van der Waals surface area contributed by atoms with Crippen LogP contribution in [0, 0.1) is 6.92 Å². The molecule has 4 rings (SSSR count). The number of rotatable bonds is 6. The van der Waals surface area contributed by atoms with Crippen LogP contribution in [0.5, 0.6) is 5.75 Å². The summed E-state index contributed by atoms with van der Waals surface area (Å²) in [7, 11) is 1.57. The molecule has 152 valence electrons. The van der Waals surface area contributed by atoms with E-state index in [1.54, 1.807) is 41.0 Å². The van der Waals surface area contributed by atoms with Gasteiger partial charge in [-0.25, -0.2) is 9.36 Å². The van der Waals surface area contributed by atoms with Crippen molar-refractivity contribution in [1.82, 2.24) is 4.57 Å². The monoisotopic (exact) mass is 404 g/mol. The summed E-state index contributed by atoms with van der Waals surface area (Å²) in [5, 5.41) is 3.43. The van der Waals surface area contributed by atoms with Crippen LogP contribution in [0.25, 0.3) is 10.9 Å². The lowest BCUT2D eigenvalue weighted by Crippen LogP contribution is -2.45. The molecule has 0 radical (unpaired) electrons. The number of benzene rings is 2. The first-order valence-electron chi connectivity index (χ1n) is 9.53. The molecule has 0 atom stereocenters. The van der Waals surface area contributed by atoms with Crippen LogP contribution in [0.3, 0.4) is 0 Å². The standard InChI is InChI=1S/C23H21N3O4/c1-16-9-10-19(21(12-16)29-2)24-22(27)14-25-15-26(13-17-6-5-11-30-17)23(28)18-7-3-4-8-20(18)25/h3-12,15H,13-14H2,1-2H3/p+1. The van der Waals surface area contributed by atoms with Crippen molar-refractivity contribution < 1.29 is 18.5 Å². The largest absolute Gasteiger partial charge is 0.495 e. The summed E-state index contributed by atoms with van der Waals surface area (Å²) in [4.78, 5) is 25.7. The number of fused-ring (bicyclic) bond motifs is 1. The van der Waals surface area contributed by atoms with E-state index in [2.05, 4.69) is 5.32 Å². The average molecular weight is 404 g/mol. The summed E-state index contributed by atoms with van der Waals surface area (Å²) in [6.45, 7) is 2.28. The lowest BCUT2D eigenvalue weighted by atomic mass is 10.2. The maximum atomic E-state index is 12.9. The number of anilines is 1. The van der Waals surface area contributed by atoms with Crippen LogP contribution in [0.1, 0.15) is 11.3 Å². The number of aryl methyl sites for hydroxylation is 1. The molecule has 0 aliphatic rings. The zero-order chi connectivity index (χ0) is 21.1. The number of furan rings is 1. The van der Waals surface area contributed by atoms with Crippen LogP contribution in [0.2, 0.25) is 0 Å². The second kappa shape index (κ2) is 8.24. The van der Waals surface area contributed by atoms with E-state index in [-0.39, 0.29) is 24.6 Å². The maximum Gasteiger partial charge on any atom is 0.345 e. The predicted octanol–water partition coefficient (Wildman–Crippen LogP) is 2.89. The Bertz CT molecular complexity index is 1260. The molecule has 0 unspecified atom stereocenters. The number of nitrogens with zero attached hydrogens (tertiary/aromatic N) is 2. The van der Waals surface area contributed by atoms with Crippen molar-refractivity contribution in [2.75, 3.05) is 12.4 Å². The molecule has 0 saturated carbocycles. The molecular weight excluding hydrogens is 382 g/mol. The van der Waals surface area contributed by atoms with Gasteiger partial charge < -0.3 is 14.5 Å². The number of aromatic nitrogens is 2. The fourth-order valence-electron chi connectivity index (χ4n) is 3.40. The van der Waals surface area contributed by atoms with Crippen molar-refractivity contribution >= 4 is 22.5 Å². The Labute approximate surface area is 173 Å². The van der Waals surface area contributed by atoms with E-state index in [0.29, 0.717) is 28.1 Å². The molecule has 30 heavy (non-hydrogen) atoms. The summed E-state index contributed by atoms with van der Waals surface area (Å²) >= 11 is 0. The van der Waals surface area contributed by atoms with Crippen molar-refractivity contribution in [3.05, 3.63) is 88.9 Å². The Morgan fingerprint density at radius 2 is 2.00 bits per heavy atom. The highest BCUT2D eigenvalue weighted by molar-refractivity contribution is 5.91. The zero-order valence-electron chi connectivity index (χ0n) is 16.8. The number of nitrogens with one attached hydrogen (secondary N) is 1. The quantitative estimate of drug-likeness (QED) is 0.502. The Kier molecular flexibility index (Phi) is 5.34. The summed E-state index contributed by atoms with van der Waals surface area (Å²) < 4.78 is 14.0. The van der Waals surface area contributed by atoms with Gasteiger partial charge in [0.1, 0.15) is 22.4 Å². The molecule has 1 N–H and O–H groups in total. The summed E-state index contributed by atoms with van der Waals surface area (Å²) in [6, 6.07) is 16.4. The molecule has 7 nitrogen and oxygen atoms in total. The Morgan fingerprint density at radius 3 is 2.77 bits per heavy atom. The number of para-hydroxylation sites is 1. The van der Waals surface area contributed by atoms with E-state index in [1.807, 2.05) is 49.4 Å². The lowest BCUT2D eigenvalue weighted by molar-refractivity contribution is -0.662. The van der Waals surface area contributed by atoms with Gasteiger partial charge in [-0.15, -0.1) is 0 Å². The minimum absolute atomic E-state index is 0.0377. The second-order valence-electron chi connectivity index (χ2n) is 7.02. The van der Waals surface area contributed by atoms with Gasteiger partial charge in [0.2, 0.25) is 6.33 Å². The van der Waals surface area contributed by atoms with Crippen molar-refractivity contribution in [3.63, 3.8) is 0 Å². The number of ether oxygens (including phenoxy) is 1. The number of amides is 1. The summed E-state index contributed by atoms with van der Waals surface area (Å²) in [6.07, 6.45) is 3.22. The van der Waals surface area contributed by atoms with E-state index in [4.69, 9.17) is 9.15 Å². The third-order valence-electron chi connectivity index (χ3n) is 4.83. The van der Waals surface area contributed by atoms with Crippen LogP contribution in [-0.2, 0) is 17.9 Å². The van der Waals surface area contributed by atoms with Gasteiger partial charge in [0.15, 0.2) is 13.1 Å². The van der Waals surface area contributed by atoms with E-state index in [9.17, 15) is 9.59 Å². The van der Waals surface area contributed by atoms with E-state index < -0.39 is 0 Å². The Hall–Kier alpha value is -3.87. The lowest BCUT2D eigenvalue weighted by Gasteiger charge is -2.11. The highest BCUT2D eigenvalue weighted by Crippen LogP contribution is 2.25. The van der Waals surface area contributed by atoms with Gasteiger partial charge in [0.05, 0.1) is 19.1 Å². The predicted molar refractivity (Wildman–Crippen MR) is 113 cm³/mol. The van der Waals surface area contributed by atoms with Gasteiger partial charge >= 0.3 is 5.56 Å². The van der Waals surface area contributed by atoms with Crippen LogP contribution >= 0.6 is 0 Å². The molecule has 2 heterocycles. The van der Waals surface area contributed by atoms with Crippen molar-refractivity contribution in [1.29, 1.82) is 0 Å². The summed E-state index contributed by atoms with van der Waals surface area (Å²) in [5.41, 5.74) is 2.18. The van der Waals surface area contributed by atoms with Gasteiger partial charge in [-0.2, -0.15) is 4.57 Å². The highest BCUT2D eigenvalue weighted by atomic mass is 16.5. The van der Waals surface area contributed by atoms with Gasteiger partial charge in [-0.1, -0.05) is 18.2 Å². The molecule has 0 aliphatic carbocycles. The average Bonchev–Trinajstić information content (AvgIpc) is 3.26. The van der Waals surface area contributed by atoms with Crippen molar-refractivity contribution in [2.45, 2.75) is 20.0 Å². The number of hydrogen-bond donors (Lipinski definition) is 1. The molecule has 7 heteroatoms. The molecule has 0 saturated heterocycles. The number of carbonyl (C=O) groups is 1. The van der Waals surface area contributed by atoms with Gasteiger partial charge in [-0.05, 0) is 48.9 Å². The van der Waals surface area contributed by atoms with E-state index in [0.717, 1.165) is 5.56 Å². The number of methoxy groups -OCH3 is 1. The zero-order valence-corrected chi connectivity index (χ0v) is 16.8. The van der Waals surface area contributed by atoms with Gasteiger partial charge in [0.25, 0.3) is 5.91 Å². The Morgan fingerprint density at radius 1 is 1.17 bits per heavy atom. The van der Waals surface area contributed by atoms with E-state index >= 15 is 0 Å². The van der Waals surface area contributed by atoms with Gasteiger partial charge in [0, 0.05) is 0 Å². The first-order chi connectivity index (χ1) is 14.5. The fraction of sp³-hybridized carbons (Fsp3) is 0.174. The molecule has 0 aliphatic heterocycles. The van der Waals surface area contributed by atoms with Crippen LogP contribution in [-0.4, -0.2) is 17.6 Å². The summed E-state index contributed by atoms with van der Waals surface area (Å²) in [5.74, 6) is 1.03. The first kappa shape index (κ1) is 19.4. The normalized spacial score (nSPS) is 10.9. The molecule has 2 aromatic carbocycles. The SMILES string of the molecule is COc1cc(C)ccc1NC(=O)C[n+]1cn(Cc2ccco2)c(=O)c2ccccc21. The molecular formula is C23H22N3O4+. The maximum absolute atomic E-state index is 12.9. The van der Waals surface area contributed by atoms with E-state index in [1.165, 1.54) is 0 Å². The molecule has 0 spiro atoms. The number of carbonyl (C=O) groups excluding carboxylic acids is 1. The van der Waals surface area contributed by atoms with Crippen LogP contribution in [0.15, 0.2) is 76.4 Å². The van der Waals surface area contributed by atoms with Gasteiger partial charge in [-0.3, -0.25) is 4.79 Å². The van der Waals surface area contributed by atoms with Crippen LogP contribution in [0.4, 0.5) is 5.69 Å². The smallest absolute Gasteiger partial charge is 0.345 e. The third-order valence-corrected chi connectivity index (χ3v) is 4.83. The number of hydrogen-bond acceptors (Lipinski definition) is 4. The topological polar surface area (TPSA) is 77.3 Å². The Balaban J connectivity index is 1.67. The van der Waals surface area contributed by atoms with Crippen molar-refractivity contribution in [3.8, 4) is 5.75 Å². The fourth-order valence-corrected chi connectivity index (χ4v) is 3.40. The highest BCUT2D eigenvalue weighted by Gasteiger charge is 2.18.